The van der Waals surface area contributed by atoms with Gasteiger partial charge in [0.1, 0.15) is 12.0 Å². The van der Waals surface area contributed by atoms with Crippen molar-refractivity contribution in [2.45, 2.75) is 24.8 Å². The van der Waals surface area contributed by atoms with Crippen LogP contribution in [0.1, 0.15) is 24.1 Å². The number of anilines is 3. The van der Waals surface area contributed by atoms with E-state index in [-0.39, 0.29) is 22.4 Å². The SMILES string of the molecule is Cc1ccc(S(=O)(=O)NNc2ncnc(NC(C)c3ccccc3)c2N)cc1. The predicted octanol–water partition coefficient (Wildman–Crippen LogP) is 2.85. The number of nitrogens with zero attached hydrogens (tertiary/aromatic N) is 2. The van der Waals surface area contributed by atoms with Gasteiger partial charge in [-0.15, -0.1) is 4.83 Å². The fourth-order valence-corrected chi connectivity index (χ4v) is 3.38. The quantitative estimate of drug-likeness (QED) is 0.451. The zero-order valence-electron chi connectivity index (χ0n) is 15.5. The van der Waals surface area contributed by atoms with Crippen LogP contribution in [0.2, 0.25) is 0 Å². The Hall–Kier alpha value is -3.17. The van der Waals surface area contributed by atoms with Crippen LogP contribution in [-0.4, -0.2) is 18.4 Å². The summed E-state index contributed by atoms with van der Waals surface area (Å²) in [6, 6.07) is 16.3. The van der Waals surface area contributed by atoms with Crippen LogP contribution in [0.3, 0.4) is 0 Å². The monoisotopic (exact) mass is 398 g/mol. The minimum atomic E-state index is -3.77. The van der Waals surface area contributed by atoms with Gasteiger partial charge >= 0.3 is 0 Å². The average Bonchev–Trinajstić information content (AvgIpc) is 2.69. The van der Waals surface area contributed by atoms with E-state index in [0.717, 1.165) is 11.1 Å². The van der Waals surface area contributed by atoms with Gasteiger partial charge in [0, 0.05) is 0 Å². The first-order valence-corrected chi connectivity index (χ1v) is 10.1. The largest absolute Gasteiger partial charge is 0.393 e. The normalized spacial score (nSPS) is 12.4. The van der Waals surface area contributed by atoms with E-state index in [1.807, 2.05) is 44.2 Å². The van der Waals surface area contributed by atoms with Gasteiger partial charge in [0.25, 0.3) is 10.0 Å². The first kappa shape index (κ1) is 19.6. The molecule has 0 amide bonds. The Balaban J connectivity index is 1.73. The summed E-state index contributed by atoms with van der Waals surface area (Å²) in [5, 5.41) is 3.21. The molecule has 2 aromatic carbocycles. The topological polar surface area (TPSA) is 122 Å². The van der Waals surface area contributed by atoms with Gasteiger partial charge in [-0.05, 0) is 31.5 Å². The second kappa shape index (κ2) is 8.24. The van der Waals surface area contributed by atoms with Gasteiger partial charge < -0.3 is 11.1 Å². The zero-order valence-corrected chi connectivity index (χ0v) is 16.4. The predicted molar refractivity (Wildman–Crippen MR) is 110 cm³/mol. The fourth-order valence-electron chi connectivity index (χ4n) is 2.53. The standard InChI is InChI=1S/C19H22N6O2S/c1-13-8-10-16(11-9-13)28(26,27)25-24-19-17(20)18(21-12-22-19)23-14(2)15-6-4-3-5-7-15/h3-12,14,25H,20H2,1-2H3,(H2,21,22,23,24). The van der Waals surface area contributed by atoms with Gasteiger partial charge in [-0.25, -0.2) is 18.4 Å². The minimum Gasteiger partial charge on any atom is -0.393 e. The van der Waals surface area contributed by atoms with Gasteiger partial charge in [0.05, 0.1) is 10.9 Å². The zero-order chi connectivity index (χ0) is 20.1. The highest BCUT2D eigenvalue weighted by molar-refractivity contribution is 7.89. The van der Waals surface area contributed by atoms with E-state index < -0.39 is 10.0 Å². The molecule has 1 heterocycles. The Labute approximate surface area is 164 Å². The molecule has 0 spiro atoms. The highest BCUT2D eigenvalue weighted by Crippen LogP contribution is 2.26. The highest BCUT2D eigenvalue weighted by atomic mass is 32.2. The van der Waals surface area contributed by atoms with Crippen LogP contribution >= 0.6 is 0 Å². The molecule has 3 rings (SSSR count). The van der Waals surface area contributed by atoms with Gasteiger partial charge in [-0.1, -0.05) is 48.0 Å². The number of nitrogen functional groups attached to an aromatic ring is 1. The maximum atomic E-state index is 12.4. The number of hydrogen-bond donors (Lipinski definition) is 4. The number of nitrogens with one attached hydrogen (secondary N) is 3. The fraction of sp³-hybridized carbons (Fsp3) is 0.158. The first-order valence-electron chi connectivity index (χ1n) is 8.63. The molecule has 1 unspecified atom stereocenters. The molecule has 5 N–H and O–H groups in total. The van der Waals surface area contributed by atoms with Crippen LogP contribution in [0, 0.1) is 6.92 Å². The van der Waals surface area contributed by atoms with Crippen LogP contribution in [0.15, 0.2) is 65.8 Å². The number of benzene rings is 2. The minimum absolute atomic E-state index is 0.0458. The molecule has 0 fully saturated rings. The molecule has 0 aliphatic heterocycles. The molecular weight excluding hydrogens is 376 g/mol. The summed E-state index contributed by atoms with van der Waals surface area (Å²) in [4.78, 5) is 10.6. The number of hydrogen-bond acceptors (Lipinski definition) is 7. The molecule has 9 heteroatoms. The van der Waals surface area contributed by atoms with Gasteiger partial charge in [0.2, 0.25) is 0 Å². The van der Waals surface area contributed by atoms with E-state index in [1.165, 1.54) is 18.5 Å². The lowest BCUT2D eigenvalue weighted by molar-refractivity contribution is 0.587. The van der Waals surface area contributed by atoms with E-state index in [1.54, 1.807) is 12.1 Å². The summed E-state index contributed by atoms with van der Waals surface area (Å²) in [5.41, 5.74) is 10.9. The van der Waals surface area contributed by atoms with Crippen molar-refractivity contribution >= 4 is 27.3 Å². The van der Waals surface area contributed by atoms with Crippen LogP contribution in [-0.2, 0) is 10.0 Å². The van der Waals surface area contributed by atoms with Crippen molar-refractivity contribution in [2.24, 2.45) is 0 Å². The van der Waals surface area contributed by atoms with Crippen molar-refractivity contribution in [1.82, 2.24) is 14.8 Å². The second-order valence-electron chi connectivity index (χ2n) is 6.30. The highest BCUT2D eigenvalue weighted by Gasteiger charge is 2.16. The number of aryl methyl sites for hydroxylation is 1. The third-order valence-corrected chi connectivity index (χ3v) is 5.44. The summed E-state index contributed by atoms with van der Waals surface area (Å²) in [6.07, 6.45) is 1.30. The summed E-state index contributed by atoms with van der Waals surface area (Å²) in [5.74, 6) is 0.567. The molecular formula is C19H22N6O2S. The van der Waals surface area contributed by atoms with Crippen LogP contribution < -0.4 is 21.3 Å². The van der Waals surface area contributed by atoms with Crippen LogP contribution in [0.25, 0.3) is 0 Å². The second-order valence-corrected chi connectivity index (χ2v) is 7.99. The Kier molecular flexibility index (Phi) is 5.76. The Morgan fingerprint density at radius 2 is 1.61 bits per heavy atom. The molecule has 8 nitrogen and oxygen atoms in total. The summed E-state index contributed by atoms with van der Waals surface area (Å²) < 4.78 is 24.8. The summed E-state index contributed by atoms with van der Waals surface area (Å²) in [6.45, 7) is 3.86. The lowest BCUT2D eigenvalue weighted by atomic mass is 10.1. The lowest BCUT2D eigenvalue weighted by Crippen LogP contribution is -2.30. The molecule has 0 saturated heterocycles. The third kappa shape index (κ3) is 4.56. The average molecular weight is 398 g/mol. The molecule has 0 bridgehead atoms. The Morgan fingerprint density at radius 3 is 2.29 bits per heavy atom. The molecule has 146 valence electrons. The third-order valence-electron chi connectivity index (χ3n) is 4.17. The first-order chi connectivity index (χ1) is 13.4. The lowest BCUT2D eigenvalue weighted by Gasteiger charge is -2.17. The molecule has 1 atom stereocenters. The van der Waals surface area contributed by atoms with E-state index in [2.05, 4.69) is 25.5 Å². The molecule has 1 aromatic heterocycles. The van der Waals surface area contributed by atoms with E-state index in [0.29, 0.717) is 5.82 Å². The molecule has 28 heavy (non-hydrogen) atoms. The number of nitrogens with two attached hydrogens (primary N) is 1. The van der Waals surface area contributed by atoms with Crippen molar-refractivity contribution in [3.8, 4) is 0 Å². The van der Waals surface area contributed by atoms with Crippen LogP contribution in [0.5, 0.6) is 0 Å². The van der Waals surface area contributed by atoms with Gasteiger partial charge in [-0.2, -0.15) is 0 Å². The number of sulfonamides is 1. The molecule has 0 saturated carbocycles. The van der Waals surface area contributed by atoms with Crippen molar-refractivity contribution in [3.63, 3.8) is 0 Å². The number of aromatic nitrogens is 2. The Bertz CT molecular complexity index is 1040. The summed E-state index contributed by atoms with van der Waals surface area (Å²) >= 11 is 0. The molecule has 3 aromatic rings. The number of hydrazine groups is 1. The summed E-state index contributed by atoms with van der Waals surface area (Å²) in [7, 11) is -3.77. The van der Waals surface area contributed by atoms with E-state index in [9.17, 15) is 8.42 Å². The maximum Gasteiger partial charge on any atom is 0.257 e. The maximum absolute atomic E-state index is 12.4. The molecule has 0 aliphatic rings. The smallest absolute Gasteiger partial charge is 0.257 e. The molecule has 0 aliphatic carbocycles. The van der Waals surface area contributed by atoms with Crippen molar-refractivity contribution < 1.29 is 8.42 Å². The molecule has 0 radical (unpaired) electrons. The van der Waals surface area contributed by atoms with Crippen molar-refractivity contribution in [3.05, 3.63) is 72.1 Å². The van der Waals surface area contributed by atoms with E-state index >= 15 is 0 Å². The van der Waals surface area contributed by atoms with Crippen molar-refractivity contribution in [2.75, 3.05) is 16.5 Å². The van der Waals surface area contributed by atoms with E-state index in [4.69, 9.17) is 5.73 Å². The van der Waals surface area contributed by atoms with Gasteiger partial charge in [0.15, 0.2) is 11.6 Å². The van der Waals surface area contributed by atoms with Gasteiger partial charge in [-0.3, -0.25) is 5.43 Å². The Morgan fingerprint density at radius 1 is 0.964 bits per heavy atom. The van der Waals surface area contributed by atoms with Crippen molar-refractivity contribution in [1.29, 1.82) is 0 Å². The van der Waals surface area contributed by atoms with Crippen LogP contribution in [0.4, 0.5) is 17.3 Å². The number of rotatable bonds is 7.